The van der Waals surface area contributed by atoms with Crippen molar-refractivity contribution in [3.05, 3.63) is 90.2 Å². The maximum absolute atomic E-state index is 14.7. The highest BCUT2D eigenvalue weighted by Crippen LogP contribution is 2.42. The first-order valence-electron chi connectivity index (χ1n) is 8.15. The number of aliphatic hydroxyl groups is 2. The van der Waals surface area contributed by atoms with Crippen LogP contribution in [0.2, 0.25) is 5.02 Å². The highest BCUT2D eigenvalue weighted by molar-refractivity contribution is 6.31. The summed E-state index contributed by atoms with van der Waals surface area (Å²) >= 11 is 6.11. The van der Waals surface area contributed by atoms with Crippen LogP contribution >= 0.6 is 11.6 Å². The van der Waals surface area contributed by atoms with Gasteiger partial charge in [0.25, 0.3) is 0 Å². The second-order valence-corrected chi connectivity index (χ2v) is 6.37. The Hall–Kier alpha value is -3.14. The molecule has 4 N–H and O–H groups in total. The van der Waals surface area contributed by atoms with E-state index >= 15 is 0 Å². The van der Waals surface area contributed by atoms with Gasteiger partial charge in [0, 0.05) is 22.7 Å². The van der Waals surface area contributed by atoms with Gasteiger partial charge in [0.2, 0.25) is 22.4 Å². The largest absolute Gasteiger partial charge is 0.502 e. The molecule has 0 radical (unpaired) electrons. The number of aromatic hydroxyl groups is 2. The predicted octanol–water partition coefficient (Wildman–Crippen LogP) is 1.96. The maximum atomic E-state index is 14.7. The van der Waals surface area contributed by atoms with Crippen molar-refractivity contribution in [1.29, 1.82) is 0 Å². The van der Waals surface area contributed by atoms with Gasteiger partial charge in [0.15, 0.2) is 11.5 Å². The standard InChI is InChI=1S/C19H14ClFO8/c20-10-2-1-3-11(21)14(10)15(18-16(26)12(24)4-8(6-22)28-18)19-17(27)13(25)5-9(7-23)29-19/h1-5,15,22-23,26-27H,6-7H2. The molecule has 0 unspecified atom stereocenters. The second-order valence-electron chi connectivity index (χ2n) is 5.96. The Bertz CT molecular complexity index is 1100. The quantitative estimate of drug-likeness (QED) is 0.487. The van der Waals surface area contributed by atoms with Crippen LogP contribution in [0.1, 0.15) is 34.5 Å². The van der Waals surface area contributed by atoms with E-state index in [1.807, 2.05) is 0 Å². The molecule has 3 rings (SSSR count). The third kappa shape index (κ3) is 3.75. The summed E-state index contributed by atoms with van der Waals surface area (Å²) in [5.74, 6) is -6.35. The Morgan fingerprint density at radius 2 is 1.41 bits per heavy atom. The fourth-order valence-corrected chi connectivity index (χ4v) is 3.10. The lowest BCUT2D eigenvalue weighted by atomic mass is 9.91. The van der Waals surface area contributed by atoms with Gasteiger partial charge in [-0.05, 0) is 12.1 Å². The molecule has 3 aromatic rings. The summed E-state index contributed by atoms with van der Waals surface area (Å²) in [6, 6.07) is 5.24. The zero-order valence-corrected chi connectivity index (χ0v) is 15.3. The van der Waals surface area contributed by atoms with Gasteiger partial charge in [-0.2, -0.15) is 0 Å². The molecule has 0 amide bonds. The molecule has 29 heavy (non-hydrogen) atoms. The highest BCUT2D eigenvalue weighted by Gasteiger charge is 2.34. The molecule has 0 saturated carbocycles. The second kappa shape index (κ2) is 8.08. The number of aliphatic hydroxyl groups excluding tert-OH is 2. The number of halogens is 2. The maximum Gasteiger partial charge on any atom is 0.227 e. The molecule has 0 fully saturated rings. The van der Waals surface area contributed by atoms with Crippen molar-refractivity contribution in [3.8, 4) is 11.5 Å². The summed E-state index contributed by atoms with van der Waals surface area (Å²) in [6.07, 6.45) is 0. The molecule has 0 saturated heterocycles. The van der Waals surface area contributed by atoms with Crippen LogP contribution in [-0.2, 0) is 13.2 Å². The van der Waals surface area contributed by atoms with Crippen molar-refractivity contribution in [2.45, 2.75) is 19.1 Å². The summed E-state index contributed by atoms with van der Waals surface area (Å²) in [5.41, 5.74) is -2.31. The average molecular weight is 425 g/mol. The molecule has 0 atom stereocenters. The minimum atomic E-state index is -1.69. The van der Waals surface area contributed by atoms with E-state index in [1.54, 1.807) is 0 Å². The monoisotopic (exact) mass is 424 g/mol. The molecule has 1 aromatic carbocycles. The van der Waals surface area contributed by atoms with Gasteiger partial charge < -0.3 is 29.3 Å². The number of hydrogen-bond acceptors (Lipinski definition) is 8. The molecule has 8 nitrogen and oxygen atoms in total. The fourth-order valence-electron chi connectivity index (χ4n) is 2.82. The van der Waals surface area contributed by atoms with E-state index in [4.69, 9.17) is 20.4 Å². The van der Waals surface area contributed by atoms with Crippen molar-refractivity contribution < 1.29 is 33.7 Å². The Balaban J connectivity index is 2.46. The van der Waals surface area contributed by atoms with Crippen molar-refractivity contribution in [1.82, 2.24) is 0 Å². The van der Waals surface area contributed by atoms with Crippen LogP contribution < -0.4 is 10.9 Å². The normalized spacial score (nSPS) is 11.2. The molecule has 10 heteroatoms. The van der Waals surface area contributed by atoms with E-state index in [0.29, 0.717) is 0 Å². The smallest absolute Gasteiger partial charge is 0.227 e. The van der Waals surface area contributed by atoms with Gasteiger partial charge in [0.05, 0.1) is 0 Å². The van der Waals surface area contributed by atoms with Gasteiger partial charge in [-0.25, -0.2) is 4.39 Å². The molecular weight excluding hydrogens is 411 g/mol. The zero-order chi connectivity index (χ0) is 21.3. The molecular formula is C19H14ClFO8. The molecule has 0 spiro atoms. The van der Waals surface area contributed by atoms with Gasteiger partial charge in [-0.1, -0.05) is 17.7 Å². The lowest BCUT2D eigenvalue weighted by molar-refractivity contribution is 0.224. The summed E-state index contributed by atoms with van der Waals surface area (Å²) in [7, 11) is 0. The van der Waals surface area contributed by atoms with Crippen molar-refractivity contribution in [3.63, 3.8) is 0 Å². The minimum absolute atomic E-state index is 0.192. The van der Waals surface area contributed by atoms with Crippen LogP contribution in [0.25, 0.3) is 0 Å². The lowest BCUT2D eigenvalue weighted by Crippen LogP contribution is -2.15. The van der Waals surface area contributed by atoms with Crippen LogP contribution in [0, 0.1) is 5.82 Å². The van der Waals surface area contributed by atoms with Crippen LogP contribution in [0.5, 0.6) is 11.5 Å². The van der Waals surface area contributed by atoms with E-state index < -0.39 is 58.8 Å². The van der Waals surface area contributed by atoms with Gasteiger partial charge in [0.1, 0.15) is 36.5 Å². The van der Waals surface area contributed by atoms with Crippen LogP contribution in [0.4, 0.5) is 4.39 Å². The number of benzene rings is 1. The third-order valence-corrected chi connectivity index (χ3v) is 4.45. The summed E-state index contributed by atoms with van der Waals surface area (Å²) < 4.78 is 25.4. The zero-order valence-electron chi connectivity index (χ0n) is 14.6. The first-order chi connectivity index (χ1) is 13.8. The summed E-state index contributed by atoms with van der Waals surface area (Å²) in [5, 5.41) is 39.0. The van der Waals surface area contributed by atoms with Gasteiger partial charge in [-0.15, -0.1) is 0 Å². The first kappa shape index (κ1) is 20.6. The topological polar surface area (TPSA) is 141 Å². The Morgan fingerprint density at radius 3 is 1.83 bits per heavy atom. The Morgan fingerprint density at radius 1 is 0.931 bits per heavy atom. The SMILES string of the molecule is O=c1cc(CO)oc(C(c2oc(CO)cc(=O)c2O)c2c(F)cccc2Cl)c1O. The molecule has 0 aliphatic heterocycles. The van der Waals surface area contributed by atoms with Gasteiger partial charge >= 0.3 is 0 Å². The lowest BCUT2D eigenvalue weighted by Gasteiger charge is -2.20. The summed E-state index contributed by atoms with van der Waals surface area (Å²) in [4.78, 5) is 24.2. The predicted molar refractivity (Wildman–Crippen MR) is 97.5 cm³/mol. The van der Waals surface area contributed by atoms with E-state index in [9.17, 15) is 34.4 Å². The highest BCUT2D eigenvalue weighted by atomic mass is 35.5. The Labute approximate surface area is 166 Å². The molecule has 0 bridgehead atoms. The summed E-state index contributed by atoms with van der Waals surface area (Å²) in [6.45, 7) is -1.46. The minimum Gasteiger partial charge on any atom is -0.502 e. The van der Waals surface area contributed by atoms with E-state index in [-0.39, 0.29) is 22.1 Å². The van der Waals surface area contributed by atoms with Crippen molar-refractivity contribution in [2.75, 3.05) is 0 Å². The molecule has 2 heterocycles. The third-order valence-electron chi connectivity index (χ3n) is 4.12. The van der Waals surface area contributed by atoms with Gasteiger partial charge in [-0.3, -0.25) is 9.59 Å². The number of hydrogen-bond donors (Lipinski definition) is 4. The van der Waals surface area contributed by atoms with Crippen molar-refractivity contribution in [2.24, 2.45) is 0 Å². The van der Waals surface area contributed by atoms with E-state index in [2.05, 4.69) is 0 Å². The molecule has 0 aliphatic rings. The fraction of sp³-hybridized carbons (Fsp3) is 0.158. The van der Waals surface area contributed by atoms with Crippen molar-refractivity contribution >= 4 is 11.6 Å². The Kier molecular flexibility index (Phi) is 5.73. The van der Waals surface area contributed by atoms with Crippen LogP contribution in [0.15, 0.2) is 48.8 Å². The average Bonchev–Trinajstić information content (AvgIpc) is 2.69. The van der Waals surface area contributed by atoms with Crippen LogP contribution in [-0.4, -0.2) is 20.4 Å². The van der Waals surface area contributed by atoms with E-state index in [0.717, 1.165) is 18.2 Å². The van der Waals surface area contributed by atoms with Crippen LogP contribution in [0.3, 0.4) is 0 Å². The number of rotatable bonds is 5. The molecule has 2 aromatic heterocycles. The molecule has 152 valence electrons. The first-order valence-corrected chi connectivity index (χ1v) is 8.53. The van der Waals surface area contributed by atoms with E-state index in [1.165, 1.54) is 12.1 Å². The molecule has 0 aliphatic carbocycles.